The number of hydrogen-bond acceptors (Lipinski definition) is 6. The number of tetrazole rings is 1. The standard InChI is InChI=1S/C18H20BrN5O2/c1-12-5-4-6-13(7-12)11-26-17-9-15(19)14(8-16(17)25-3)10-20-18-21-22-23-24(18)2/h4-9H,10-11H2,1-3H3,(H,20,21,23). The SMILES string of the molecule is COc1cc(CNc2nnnn2C)c(Br)cc1OCc1cccc(C)c1. The van der Waals surface area contributed by atoms with Crippen molar-refractivity contribution in [2.45, 2.75) is 20.1 Å². The minimum atomic E-state index is 0.479. The summed E-state index contributed by atoms with van der Waals surface area (Å²) in [5.41, 5.74) is 3.33. The van der Waals surface area contributed by atoms with Crippen molar-refractivity contribution < 1.29 is 9.47 Å². The van der Waals surface area contributed by atoms with E-state index in [0.29, 0.717) is 30.6 Å². The minimum absolute atomic E-state index is 0.479. The number of halogens is 1. The van der Waals surface area contributed by atoms with Gasteiger partial charge in [-0.15, -0.1) is 0 Å². The highest BCUT2D eigenvalue weighted by atomic mass is 79.9. The minimum Gasteiger partial charge on any atom is -0.493 e. The van der Waals surface area contributed by atoms with Gasteiger partial charge >= 0.3 is 0 Å². The van der Waals surface area contributed by atoms with Gasteiger partial charge in [-0.3, -0.25) is 0 Å². The molecule has 0 saturated carbocycles. The van der Waals surface area contributed by atoms with E-state index in [9.17, 15) is 0 Å². The Balaban J connectivity index is 1.73. The van der Waals surface area contributed by atoms with Crippen LogP contribution >= 0.6 is 15.9 Å². The van der Waals surface area contributed by atoms with E-state index in [0.717, 1.165) is 15.6 Å². The third-order valence-corrected chi connectivity index (χ3v) is 4.60. The summed E-state index contributed by atoms with van der Waals surface area (Å²) in [6.07, 6.45) is 0. The monoisotopic (exact) mass is 417 g/mol. The van der Waals surface area contributed by atoms with Crippen LogP contribution < -0.4 is 14.8 Å². The van der Waals surface area contributed by atoms with E-state index in [1.165, 1.54) is 5.56 Å². The van der Waals surface area contributed by atoms with Crippen LogP contribution in [0.25, 0.3) is 0 Å². The Bertz CT molecular complexity index is 897. The van der Waals surface area contributed by atoms with Crippen LogP contribution in [0.1, 0.15) is 16.7 Å². The molecule has 0 bridgehead atoms. The second-order valence-electron chi connectivity index (χ2n) is 5.85. The zero-order valence-corrected chi connectivity index (χ0v) is 16.4. The Hall–Kier alpha value is -2.61. The molecule has 0 amide bonds. The number of rotatable bonds is 7. The predicted octanol–water partition coefficient (Wildman–Crippen LogP) is 3.48. The first kappa shape index (κ1) is 18.2. The van der Waals surface area contributed by atoms with Crippen molar-refractivity contribution in [1.82, 2.24) is 20.2 Å². The van der Waals surface area contributed by atoms with Gasteiger partial charge in [0, 0.05) is 18.1 Å². The molecule has 0 radical (unpaired) electrons. The van der Waals surface area contributed by atoms with E-state index in [2.05, 4.69) is 55.8 Å². The molecule has 0 aliphatic heterocycles. The number of ether oxygens (including phenoxy) is 2. The molecule has 3 rings (SSSR count). The van der Waals surface area contributed by atoms with Gasteiger partial charge in [0.25, 0.3) is 0 Å². The van der Waals surface area contributed by atoms with Crippen LogP contribution in [0.2, 0.25) is 0 Å². The highest BCUT2D eigenvalue weighted by Gasteiger charge is 2.12. The molecule has 2 aromatic carbocycles. The van der Waals surface area contributed by atoms with Crippen LogP contribution in [0.5, 0.6) is 11.5 Å². The van der Waals surface area contributed by atoms with Crippen molar-refractivity contribution in [1.29, 1.82) is 0 Å². The zero-order chi connectivity index (χ0) is 18.5. The molecule has 0 saturated heterocycles. The molecule has 8 heteroatoms. The first-order chi connectivity index (χ1) is 12.6. The Morgan fingerprint density at radius 3 is 2.73 bits per heavy atom. The van der Waals surface area contributed by atoms with Crippen LogP contribution in [0.3, 0.4) is 0 Å². The smallest absolute Gasteiger partial charge is 0.242 e. The maximum atomic E-state index is 5.96. The molecule has 0 aliphatic rings. The van der Waals surface area contributed by atoms with Crippen molar-refractivity contribution in [3.63, 3.8) is 0 Å². The maximum absolute atomic E-state index is 5.96. The van der Waals surface area contributed by atoms with E-state index < -0.39 is 0 Å². The van der Waals surface area contributed by atoms with E-state index >= 15 is 0 Å². The van der Waals surface area contributed by atoms with Crippen molar-refractivity contribution in [2.75, 3.05) is 12.4 Å². The topological polar surface area (TPSA) is 74.1 Å². The van der Waals surface area contributed by atoms with Gasteiger partial charge in [0.05, 0.1) is 7.11 Å². The first-order valence-electron chi connectivity index (χ1n) is 8.08. The molecular formula is C18H20BrN5O2. The van der Waals surface area contributed by atoms with Gasteiger partial charge in [0.1, 0.15) is 6.61 Å². The van der Waals surface area contributed by atoms with Gasteiger partial charge in [-0.1, -0.05) is 50.9 Å². The number of aryl methyl sites for hydroxylation is 2. The fourth-order valence-corrected chi connectivity index (χ4v) is 2.96. The summed E-state index contributed by atoms with van der Waals surface area (Å²) in [4.78, 5) is 0. The average Bonchev–Trinajstić information content (AvgIpc) is 3.04. The van der Waals surface area contributed by atoms with Crippen molar-refractivity contribution in [2.24, 2.45) is 7.05 Å². The van der Waals surface area contributed by atoms with E-state index in [1.807, 2.05) is 24.3 Å². The molecule has 136 valence electrons. The van der Waals surface area contributed by atoms with Gasteiger partial charge in [-0.05, 0) is 40.6 Å². The Morgan fingerprint density at radius 1 is 1.19 bits per heavy atom. The van der Waals surface area contributed by atoms with Gasteiger partial charge in [-0.2, -0.15) is 0 Å². The summed E-state index contributed by atoms with van der Waals surface area (Å²) in [7, 11) is 3.41. The molecule has 1 N–H and O–H groups in total. The van der Waals surface area contributed by atoms with Crippen molar-refractivity contribution in [3.8, 4) is 11.5 Å². The molecular weight excluding hydrogens is 398 g/mol. The molecule has 7 nitrogen and oxygen atoms in total. The maximum Gasteiger partial charge on any atom is 0.242 e. The highest BCUT2D eigenvalue weighted by molar-refractivity contribution is 9.10. The molecule has 0 unspecified atom stereocenters. The predicted molar refractivity (Wildman–Crippen MR) is 102 cm³/mol. The molecule has 0 spiro atoms. The molecule has 1 heterocycles. The summed E-state index contributed by atoms with van der Waals surface area (Å²) in [5.74, 6) is 1.95. The molecule has 1 aromatic heterocycles. The summed E-state index contributed by atoms with van der Waals surface area (Å²) in [6, 6.07) is 12.1. The number of methoxy groups -OCH3 is 1. The molecule has 0 atom stereocenters. The third-order valence-electron chi connectivity index (χ3n) is 3.87. The third kappa shape index (κ3) is 4.32. The number of anilines is 1. The number of aromatic nitrogens is 4. The van der Waals surface area contributed by atoms with Crippen LogP contribution in [0.4, 0.5) is 5.95 Å². The summed E-state index contributed by atoms with van der Waals surface area (Å²) in [6.45, 7) is 3.09. The van der Waals surface area contributed by atoms with Crippen LogP contribution in [0, 0.1) is 6.92 Å². The second-order valence-corrected chi connectivity index (χ2v) is 6.71. The van der Waals surface area contributed by atoms with Crippen LogP contribution in [-0.2, 0) is 20.2 Å². The van der Waals surface area contributed by atoms with Gasteiger partial charge in [0.2, 0.25) is 5.95 Å². The lowest BCUT2D eigenvalue weighted by atomic mass is 10.1. The van der Waals surface area contributed by atoms with Crippen LogP contribution in [-0.4, -0.2) is 27.3 Å². The number of benzene rings is 2. The Morgan fingerprint density at radius 2 is 2.04 bits per heavy atom. The van der Waals surface area contributed by atoms with Crippen molar-refractivity contribution >= 4 is 21.9 Å². The van der Waals surface area contributed by atoms with E-state index in [-0.39, 0.29) is 0 Å². The van der Waals surface area contributed by atoms with Gasteiger partial charge in [-0.25, -0.2) is 4.68 Å². The number of nitrogens with zero attached hydrogens (tertiary/aromatic N) is 4. The lowest BCUT2D eigenvalue weighted by Gasteiger charge is -2.14. The quantitative estimate of drug-likeness (QED) is 0.634. The van der Waals surface area contributed by atoms with Crippen LogP contribution in [0.15, 0.2) is 40.9 Å². The number of nitrogens with one attached hydrogen (secondary N) is 1. The van der Waals surface area contributed by atoms with Gasteiger partial charge < -0.3 is 14.8 Å². The molecule has 3 aromatic rings. The Kier molecular flexibility index (Phi) is 5.72. The number of hydrogen-bond donors (Lipinski definition) is 1. The van der Waals surface area contributed by atoms with Gasteiger partial charge in [0.15, 0.2) is 11.5 Å². The normalized spacial score (nSPS) is 10.6. The second kappa shape index (κ2) is 8.18. The molecule has 0 aliphatic carbocycles. The van der Waals surface area contributed by atoms with E-state index in [1.54, 1.807) is 18.8 Å². The molecule has 26 heavy (non-hydrogen) atoms. The lowest BCUT2D eigenvalue weighted by molar-refractivity contribution is 0.284. The summed E-state index contributed by atoms with van der Waals surface area (Å²) >= 11 is 3.60. The lowest BCUT2D eigenvalue weighted by Crippen LogP contribution is -2.07. The fourth-order valence-electron chi connectivity index (χ4n) is 2.50. The van der Waals surface area contributed by atoms with Crippen molar-refractivity contribution in [3.05, 3.63) is 57.6 Å². The largest absolute Gasteiger partial charge is 0.493 e. The summed E-state index contributed by atoms with van der Waals surface area (Å²) < 4.78 is 13.9. The first-order valence-corrected chi connectivity index (χ1v) is 8.87. The average molecular weight is 418 g/mol. The zero-order valence-electron chi connectivity index (χ0n) is 14.9. The molecule has 0 fully saturated rings. The van der Waals surface area contributed by atoms with E-state index in [4.69, 9.17) is 9.47 Å². The Labute approximate surface area is 160 Å². The summed E-state index contributed by atoms with van der Waals surface area (Å²) in [5, 5.41) is 14.5. The fraction of sp³-hybridized carbons (Fsp3) is 0.278. The highest BCUT2D eigenvalue weighted by Crippen LogP contribution is 2.34.